The zero-order valence-corrected chi connectivity index (χ0v) is 18.9. The second-order valence-corrected chi connectivity index (χ2v) is 9.91. The molecular weight excluding hydrogens is 490 g/mol. The summed E-state index contributed by atoms with van der Waals surface area (Å²) in [4.78, 5) is 9.86. The fraction of sp³-hybridized carbons (Fsp3) is 0.0500. The van der Waals surface area contributed by atoms with E-state index in [2.05, 4.69) is 10.2 Å². The summed E-state index contributed by atoms with van der Waals surface area (Å²) in [6.45, 7) is 1.44. The molecule has 14 heteroatoms. The van der Waals surface area contributed by atoms with Gasteiger partial charge in [0.2, 0.25) is 5.91 Å². The highest BCUT2D eigenvalue weighted by Gasteiger charge is 2.19. The number of aromatic hydroxyl groups is 2. The van der Waals surface area contributed by atoms with Crippen molar-refractivity contribution < 1.29 is 40.9 Å². The average molecular weight is 508 g/mol. The first-order valence-corrected chi connectivity index (χ1v) is 12.0. The smallest absolute Gasteiger partial charge is 0.294 e. The minimum Gasteiger partial charge on any atom is -0.507 e. The van der Waals surface area contributed by atoms with E-state index in [4.69, 9.17) is 5.73 Å². The first-order valence-electron chi connectivity index (χ1n) is 9.15. The first kappa shape index (κ1) is 24.8. The number of carbonyl (C=O) groups excluding carboxylic acids is 1. The molecule has 0 spiro atoms. The molecule has 0 fully saturated rings. The molecule has 0 heterocycles. The van der Waals surface area contributed by atoms with Gasteiger partial charge in [-0.3, -0.25) is 13.9 Å². The molecule has 3 rings (SSSR count). The van der Waals surface area contributed by atoms with Crippen molar-refractivity contribution in [2.24, 2.45) is 16.0 Å². The number of fused-ring (bicyclic) bond motifs is 1. The molecule has 0 bridgehead atoms. The van der Waals surface area contributed by atoms with Gasteiger partial charge in [0.05, 0.1) is 26.6 Å². The maximum Gasteiger partial charge on any atom is 0.294 e. The number of nitrogens with two attached hydrogens (primary N) is 1. The number of amides is 1. The highest BCUT2D eigenvalue weighted by atomic mass is 32.2. The van der Waals surface area contributed by atoms with Gasteiger partial charge in [-0.2, -0.15) is 21.9 Å². The zero-order valence-electron chi connectivity index (χ0n) is 17.2. The van der Waals surface area contributed by atoms with Gasteiger partial charge in [-0.25, -0.2) is 0 Å². The molecule has 0 unspecified atom stereocenters. The van der Waals surface area contributed by atoms with Crippen LogP contribution in [0.3, 0.4) is 0 Å². The SMILES string of the molecule is CC(=Cc1cc(N=Nc2cc(S(=O)(=O)O)cc3cc(S(=O)(=O)O)cc(O)c23)ccc1O)C(N)=O. The number of rotatable bonds is 6. The largest absolute Gasteiger partial charge is 0.507 e. The summed E-state index contributed by atoms with van der Waals surface area (Å²) in [7, 11) is -9.52. The van der Waals surface area contributed by atoms with Crippen molar-refractivity contribution in [2.45, 2.75) is 16.7 Å². The molecule has 3 aromatic rings. The molecule has 0 aromatic heterocycles. The average Bonchev–Trinajstić information content (AvgIpc) is 2.72. The van der Waals surface area contributed by atoms with Crippen molar-refractivity contribution >= 4 is 54.4 Å². The maximum absolute atomic E-state index is 11.7. The normalized spacial score (nSPS) is 13.0. The quantitative estimate of drug-likeness (QED) is 0.188. The lowest BCUT2D eigenvalue weighted by molar-refractivity contribution is -0.114. The van der Waals surface area contributed by atoms with Gasteiger partial charge in [-0.1, -0.05) is 0 Å². The van der Waals surface area contributed by atoms with E-state index in [-0.39, 0.29) is 39.0 Å². The molecular formula is C20H17N3O9S2. The second kappa shape index (κ2) is 8.83. The molecule has 0 aliphatic heterocycles. The Balaban J connectivity index is 2.22. The van der Waals surface area contributed by atoms with E-state index in [1.165, 1.54) is 31.2 Å². The van der Waals surface area contributed by atoms with Gasteiger partial charge in [-0.15, -0.1) is 5.11 Å². The first-order chi connectivity index (χ1) is 15.7. The van der Waals surface area contributed by atoms with Crippen LogP contribution in [-0.4, -0.2) is 42.1 Å². The van der Waals surface area contributed by atoms with Gasteiger partial charge >= 0.3 is 0 Å². The van der Waals surface area contributed by atoms with Gasteiger partial charge in [0.1, 0.15) is 11.5 Å². The van der Waals surface area contributed by atoms with Crippen molar-refractivity contribution in [2.75, 3.05) is 0 Å². The lowest BCUT2D eigenvalue weighted by atomic mass is 10.1. The van der Waals surface area contributed by atoms with E-state index in [9.17, 15) is 40.9 Å². The highest BCUT2D eigenvalue weighted by Crippen LogP contribution is 2.39. The van der Waals surface area contributed by atoms with E-state index in [0.717, 1.165) is 24.3 Å². The third kappa shape index (κ3) is 5.37. The Morgan fingerprint density at radius 2 is 1.47 bits per heavy atom. The Morgan fingerprint density at radius 3 is 2.03 bits per heavy atom. The fourth-order valence-corrected chi connectivity index (χ4v) is 4.00. The molecule has 178 valence electrons. The van der Waals surface area contributed by atoms with Crippen LogP contribution in [0.2, 0.25) is 0 Å². The molecule has 0 radical (unpaired) electrons. The summed E-state index contributed by atoms with van der Waals surface area (Å²) in [5.74, 6) is -1.55. The molecule has 0 atom stereocenters. The van der Waals surface area contributed by atoms with E-state index >= 15 is 0 Å². The summed E-state index contributed by atoms with van der Waals surface area (Å²) in [6.07, 6.45) is 1.31. The Kier molecular flexibility index (Phi) is 6.44. The van der Waals surface area contributed by atoms with Crippen LogP contribution in [0.15, 0.2) is 68.1 Å². The van der Waals surface area contributed by atoms with E-state index < -0.39 is 41.7 Å². The number of phenols is 2. The fourth-order valence-electron chi connectivity index (χ4n) is 2.93. The van der Waals surface area contributed by atoms with Gasteiger partial charge in [-0.05, 0) is 54.8 Å². The van der Waals surface area contributed by atoms with Crippen molar-refractivity contribution in [1.29, 1.82) is 0 Å². The standard InChI is InChI=1S/C20H17N3O9S2/c1-10(20(21)26)4-11-5-13(2-3-17(11)24)22-23-16-8-14(33(27,28)29)6-12-7-15(34(30,31)32)9-18(25)19(12)16/h2-9,24-25H,1H3,(H2,21,26)(H,27,28,29)(H,30,31,32). The van der Waals surface area contributed by atoms with Crippen molar-refractivity contribution in [3.8, 4) is 11.5 Å². The molecule has 34 heavy (non-hydrogen) atoms. The maximum atomic E-state index is 11.7. The number of hydrogen-bond acceptors (Lipinski definition) is 9. The highest BCUT2D eigenvalue weighted by molar-refractivity contribution is 7.86. The molecule has 1 amide bonds. The predicted molar refractivity (Wildman–Crippen MR) is 120 cm³/mol. The third-order valence-corrected chi connectivity index (χ3v) is 6.26. The summed E-state index contributed by atoms with van der Waals surface area (Å²) in [6, 6.07) is 7.35. The minimum absolute atomic E-state index is 0.118. The van der Waals surface area contributed by atoms with Crippen molar-refractivity contribution in [1.82, 2.24) is 0 Å². The van der Waals surface area contributed by atoms with Crippen LogP contribution >= 0.6 is 0 Å². The number of hydrogen-bond donors (Lipinski definition) is 5. The number of nitrogens with zero attached hydrogens (tertiary/aromatic N) is 2. The molecule has 0 saturated heterocycles. The monoisotopic (exact) mass is 507 g/mol. The molecule has 0 aliphatic carbocycles. The van der Waals surface area contributed by atoms with E-state index in [1.54, 1.807) is 0 Å². The Bertz CT molecular complexity index is 1600. The van der Waals surface area contributed by atoms with Gasteiger partial charge in [0.15, 0.2) is 0 Å². The van der Waals surface area contributed by atoms with E-state index in [1.807, 2.05) is 0 Å². The Hall–Kier alpha value is -3.85. The Labute approximate surface area is 193 Å². The van der Waals surface area contributed by atoms with Crippen LogP contribution in [-0.2, 0) is 25.0 Å². The third-order valence-electron chi connectivity index (χ3n) is 4.60. The summed E-state index contributed by atoms with van der Waals surface area (Å²) < 4.78 is 65.0. The molecule has 0 aliphatic rings. The topological polar surface area (TPSA) is 217 Å². The Morgan fingerprint density at radius 1 is 0.882 bits per heavy atom. The summed E-state index contributed by atoms with van der Waals surface area (Å²) in [5.41, 5.74) is 5.40. The lowest BCUT2D eigenvalue weighted by Gasteiger charge is -2.09. The van der Waals surface area contributed by atoms with Crippen LogP contribution in [0.25, 0.3) is 16.8 Å². The number of carbonyl (C=O) groups is 1. The van der Waals surface area contributed by atoms with Crippen molar-refractivity contribution in [3.63, 3.8) is 0 Å². The van der Waals surface area contributed by atoms with Crippen molar-refractivity contribution in [3.05, 3.63) is 53.6 Å². The summed E-state index contributed by atoms with van der Waals surface area (Å²) in [5, 5.41) is 27.9. The molecule has 6 N–H and O–H groups in total. The minimum atomic E-state index is -4.77. The van der Waals surface area contributed by atoms with Crippen LogP contribution in [0.1, 0.15) is 12.5 Å². The number of primary amides is 1. The second-order valence-electron chi connectivity index (χ2n) is 7.07. The van der Waals surface area contributed by atoms with Crippen LogP contribution < -0.4 is 5.73 Å². The van der Waals surface area contributed by atoms with Gasteiger partial charge in [0.25, 0.3) is 20.2 Å². The lowest BCUT2D eigenvalue weighted by Crippen LogP contribution is -2.11. The molecule has 3 aromatic carbocycles. The van der Waals surface area contributed by atoms with Gasteiger partial charge < -0.3 is 15.9 Å². The number of benzene rings is 3. The predicted octanol–water partition coefficient (Wildman–Crippen LogP) is 3.05. The number of phenolic OH excluding ortho intramolecular Hbond substituents is 2. The zero-order chi connectivity index (χ0) is 25.4. The van der Waals surface area contributed by atoms with Gasteiger partial charge in [0, 0.05) is 17.2 Å². The van der Waals surface area contributed by atoms with Crippen LogP contribution in [0, 0.1) is 0 Å². The molecule has 0 saturated carbocycles. The van der Waals surface area contributed by atoms with E-state index in [0.29, 0.717) is 0 Å². The number of azo groups is 1. The van der Waals surface area contributed by atoms with Crippen LogP contribution in [0.5, 0.6) is 11.5 Å². The molecule has 12 nitrogen and oxygen atoms in total. The van der Waals surface area contributed by atoms with Crippen LogP contribution in [0.4, 0.5) is 11.4 Å². The summed E-state index contributed by atoms with van der Waals surface area (Å²) >= 11 is 0.